The fourth-order valence-corrected chi connectivity index (χ4v) is 2.24. The summed E-state index contributed by atoms with van der Waals surface area (Å²) < 4.78 is 1.00. The minimum Gasteiger partial charge on any atom is -0.426 e. The first-order chi connectivity index (χ1) is 8.66. The lowest BCUT2D eigenvalue weighted by Gasteiger charge is -2.02. The maximum absolute atomic E-state index is 10.1. The lowest BCUT2D eigenvalue weighted by Crippen LogP contribution is -1.94. The second-order valence-electron chi connectivity index (χ2n) is 3.86. The number of nitrogens with zero attached hydrogens (tertiary/aromatic N) is 2. The van der Waals surface area contributed by atoms with Crippen LogP contribution in [0.25, 0.3) is 22.4 Å². The molecule has 0 aliphatic heterocycles. The van der Waals surface area contributed by atoms with E-state index in [4.69, 9.17) is 23.2 Å². The van der Waals surface area contributed by atoms with E-state index in [1.165, 1.54) is 0 Å². The SMILES string of the molecule is On1c(-c2ccccc2Cl)nc2ccc(Cl)cc21. The Morgan fingerprint density at radius 3 is 2.61 bits per heavy atom. The second-order valence-corrected chi connectivity index (χ2v) is 4.70. The Balaban J connectivity index is 2.31. The Hall–Kier alpha value is -1.71. The van der Waals surface area contributed by atoms with E-state index in [-0.39, 0.29) is 0 Å². The Labute approximate surface area is 113 Å². The highest BCUT2D eigenvalue weighted by atomic mass is 35.5. The molecule has 0 saturated heterocycles. The van der Waals surface area contributed by atoms with Gasteiger partial charge in [0.2, 0.25) is 0 Å². The van der Waals surface area contributed by atoms with Gasteiger partial charge in [0.1, 0.15) is 5.52 Å². The molecule has 2 aromatic carbocycles. The van der Waals surface area contributed by atoms with Gasteiger partial charge in [0, 0.05) is 10.6 Å². The van der Waals surface area contributed by atoms with Crippen LogP contribution in [-0.2, 0) is 0 Å². The molecule has 18 heavy (non-hydrogen) atoms. The quantitative estimate of drug-likeness (QED) is 0.676. The van der Waals surface area contributed by atoms with E-state index < -0.39 is 0 Å². The fourth-order valence-electron chi connectivity index (χ4n) is 1.85. The van der Waals surface area contributed by atoms with E-state index in [0.717, 1.165) is 4.73 Å². The van der Waals surface area contributed by atoms with E-state index >= 15 is 0 Å². The van der Waals surface area contributed by atoms with Crippen molar-refractivity contribution in [2.24, 2.45) is 0 Å². The predicted molar refractivity (Wildman–Crippen MR) is 72.4 cm³/mol. The molecule has 1 N–H and O–H groups in total. The van der Waals surface area contributed by atoms with Crippen LogP contribution < -0.4 is 0 Å². The topological polar surface area (TPSA) is 38.0 Å². The summed E-state index contributed by atoms with van der Waals surface area (Å²) in [7, 11) is 0. The highest BCUT2D eigenvalue weighted by molar-refractivity contribution is 6.33. The molecule has 0 amide bonds. The number of fused-ring (bicyclic) bond motifs is 1. The molecule has 0 unspecified atom stereocenters. The molecule has 3 nitrogen and oxygen atoms in total. The average molecular weight is 279 g/mol. The minimum absolute atomic E-state index is 0.401. The normalized spacial score (nSPS) is 11.0. The van der Waals surface area contributed by atoms with Crippen LogP contribution in [0.15, 0.2) is 42.5 Å². The Kier molecular flexibility index (Phi) is 2.65. The monoisotopic (exact) mass is 278 g/mol. The molecule has 1 aromatic heterocycles. The first kappa shape index (κ1) is 11.4. The van der Waals surface area contributed by atoms with Crippen LogP contribution >= 0.6 is 23.2 Å². The summed E-state index contributed by atoms with van der Waals surface area (Å²) in [5.74, 6) is 0.401. The zero-order valence-electron chi connectivity index (χ0n) is 9.14. The molecule has 0 atom stereocenters. The summed E-state index contributed by atoms with van der Waals surface area (Å²) in [5, 5.41) is 11.2. The lowest BCUT2D eigenvalue weighted by atomic mass is 10.2. The third-order valence-corrected chi connectivity index (χ3v) is 3.27. The summed E-state index contributed by atoms with van der Waals surface area (Å²) in [6.07, 6.45) is 0. The minimum atomic E-state index is 0.401. The van der Waals surface area contributed by atoms with Gasteiger partial charge in [-0.25, -0.2) is 4.98 Å². The van der Waals surface area contributed by atoms with Crippen molar-refractivity contribution in [3.63, 3.8) is 0 Å². The van der Waals surface area contributed by atoms with Crippen LogP contribution in [0, 0.1) is 0 Å². The average Bonchev–Trinajstić information content (AvgIpc) is 2.68. The van der Waals surface area contributed by atoms with Crippen molar-refractivity contribution >= 4 is 34.2 Å². The molecular weight excluding hydrogens is 271 g/mol. The van der Waals surface area contributed by atoms with Crippen molar-refractivity contribution in [1.29, 1.82) is 0 Å². The van der Waals surface area contributed by atoms with Crippen molar-refractivity contribution in [2.45, 2.75) is 0 Å². The highest BCUT2D eigenvalue weighted by Crippen LogP contribution is 2.29. The molecule has 5 heteroatoms. The first-order valence-electron chi connectivity index (χ1n) is 5.29. The Bertz CT molecular complexity index is 737. The molecule has 0 saturated carbocycles. The van der Waals surface area contributed by atoms with Gasteiger partial charge in [-0.1, -0.05) is 35.3 Å². The molecule has 0 radical (unpaired) electrons. The van der Waals surface area contributed by atoms with Gasteiger partial charge in [0.25, 0.3) is 0 Å². The second kappa shape index (κ2) is 4.19. The van der Waals surface area contributed by atoms with Crippen molar-refractivity contribution in [3.05, 3.63) is 52.5 Å². The molecule has 1 heterocycles. The van der Waals surface area contributed by atoms with Crippen molar-refractivity contribution in [3.8, 4) is 11.4 Å². The third-order valence-electron chi connectivity index (χ3n) is 2.71. The maximum Gasteiger partial charge on any atom is 0.178 e. The number of halogens is 2. The number of hydrogen-bond donors (Lipinski definition) is 1. The summed E-state index contributed by atoms with van der Waals surface area (Å²) in [6, 6.07) is 12.4. The van der Waals surface area contributed by atoms with Crippen molar-refractivity contribution in [2.75, 3.05) is 0 Å². The molecule has 0 fully saturated rings. The summed E-state index contributed by atoms with van der Waals surface area (Å²) >= 11 is 12.0. The molecule has 0 spiro atoms. The molecule has 0 aliphatic carbocycles. The maximum atomic E-state index is 10.1. The zero-order chi connectivity index (χ0) is 12.7. The molecule has 3 rings (SSSR count). The predicted octanol–water partition coefficient (Wildman–Crippen LogP) is 4.25. The smallest absolute Gasteiger partial charge is 0.178 e. The first-order valence-corrected chi connectivity index (χ1v) is 6.04. The Morgan fingerprint density at radius 2 is 1.83 bits per heavy atom. The van der Waals surface area contributed by atoms with Crippen molar-refractivity contribution in [1.82, 2.24) is 9.71 Å². The van der Waals surface area contributed by atoms with Gasteiger partial charge in [0.05, 0.1) is 10.5 Å². The van der Waals surface area contributed by atoms with E-state index in [0.29, 0.717) is 32.5 Å². The van der Waals surface area contributed by atoms with Crippen LogP contribution in [0.2, 0.25) is 10.0 Å². The molecule has 0 aliphatic rings. The summed E-state index contributed by atoms with van der Waals surface area (Å²) in [6.45, 7) is 0. The number of imidazole rings is 1. The lowest BCUT2D eigenvalue weighted by molar-refractivity contribution is 0.203. The van der Waals surface area contributed by atoms with E-state index in [1.54, 1.807) is 30.3 Å². The number of hydrogen-bond acceptors (Lipinski definition) is 2. The Morgan fingerprint density at radius 1 is 1.06 bits per heavy atom. The summed E-state index contributed by atoms with van der Waals surface area (Å²) in [5.41, 5.74) is 1.89. The van der Waals surface area contributed by atoms with Crippen LogP contribution in [0.3, 0.4) is 0 Å². The van der Waals surface area contributed by atoms with Gasteiger partial charge in [-0.15, -0.1) is 0 Å². The molecule has 0 bridgehead atoms. The van der Waals surface area contributed by atoms with Gasteiger partial charge in [0.15, 0.2) is 5.82 Å². The van der Waals surface area contributed by atoms with E-state index in [1.807, 2.05) is 12.1 Å². The van der Waals surface area contributed by atoms with Crippen LogP contribution in [0.5, 0.6) is 0 Å². The number of rotatable bonds is 1. The van der Waals surface area contributed by atoms with Gasteiger partial charge in [-0.2, -0.15) is 4.73 Å². The third kappa shape index (κ3) is 1.72. The fraction of sp³-hybridized carbons (Fsp3) is 0. The van der Waals surface area contributed by atoms with E-state index in [9.17, 15) is 5.21 Å². The van der Waals surface area contributed by atoms with Crippen LogP contribution in [0.1, 0.15) is 0 Å². The van der Waals surface area contributed by atoms with Crippen molar-refractivity contribution < 1.29 is 5.21 Å². The largest absolute Gasteiger partial charge is 0.426 e. The van der Waals surface area contributed by atoms with Gasteiger partial charge < -0.3 is 5.21 Å². The standard InChI is InChI=1S/C13H8Cl2N2O/c14-8-5-6-11-12(7-8)17(18)13(16-11)9-3-1-2-4-10(9)15/h1-7,18H. The number of aromatic nitrogens is 2. The molecule has 90 valence electrons. The molecule has 3 aromatic rings. The van der Waals surface area contributed by atoms with Crippen LogP contribution in [-0.4, -0.2) is 14.9 Å². The highest BCUT2D eigenvalue weighted by Gasteiger charge is 2.14. The van der Waals surface area contributed by atoms with E-state index in [2.05, 4.69) is 4.98 Å². The van der Waals surface area contributed by atoms with Crippen LogP contribution in [0.4, 0.5) is 0 Å². The van der Waals surface area contributed by atoms with Gasteiger partial charge >= 0.3 is 0 Å². The summed E-state index contributed by atoms with van der Waals surface area (Å²) in [4.78, 5) is 4.35. The zero-order valence-corrected chi connectivity index (χ0v) is 10.7. The molecular formula is C13H8Cl2N2O. The number of benzene rings is 2. The van der Waals surface area contributed by atoms with Gasteiger partial charge in [-0.3, -0.25) is 0 Å². The van der Waals surface area contributed by atoms with Gasteiger partial charge in [-0.05, 0) is 30.3 Å².